The van der Waals surface area contributed by atoms with Crippen molar-refractivity contribution in [2.24, 2.45) is 5.73 Å². The molecular weight excluding hydrogens is 284 g/mol. The van der Waals surface area contributed by atoms with E-state index in [0.717, 1.165) is 11.6 Å². The number of aliphatic hydroxyl groups excluding tert-OH is 1. The average molecular weight is 300 g/mol. The van der Waals surface area contributed by atoms with Gasteiger partial charge in [-0.2, -0.15) is 0 Å². The minimum atomic E-state index is -0.998. The van der Waals surface area contributed by atoms with Gasteiger partial charge in [-0.25, -0.2) is 8.78 Å². The predicted octanol–water partition coefficient (Wildman–Crippen LogP) is 2.99. The van der Waals surface area contributed by atoms with E-state index < -0.39 is 23.8 Å². The highest BCUT2D eigenvalue weighted by atomic mass is 35.5. The normalized spacial score (nSPS) is 13.4. The summed E-state index contributed by atoms with van der Waals surface area (Å²) < 4.78 is 26.7. The molecule has 2 rings (SSSR count). The van der Waals surface area contributed by atoms with Gasteiger partial charge in [0.2, 0.25) is 0 Å². The van der Waals surface area contributed by atoms with Crippen molar-refractivity contribution in [2.45, 2.75) is 18.6 Å². The number of rotatable bonds is 4. The molecule has 108 valence electrons. The largest absolute Gasteiger partial charge is 0.391 e. The summed E-state index contributed by atoms with van der Waals surface area (Å²) in [6.07, 6.45) is -0.684. The van der Waals surface area contributed by atoms with Crippen molar-refractivity contribution in [2.75, 3.05) is 0 Å². The standard InChI is InChI=1S/C15H15F2NO.ClH/c16-12-8-4-7-11(14(12)17)15(18)13(19)9-10-5-2-1-3-6-10;/h1-8,13,15,19H,9,18H2;1H/t13-,15+;/m1./s1. The summed E-state index contributed by atoms with van der Waals surface area (Å²) in [4.78, 5) is 0. The van der Waals surface area contributed by atoms with Gasteiger partial charge >= 0.3 is 0 Å². The van der Waals surface area contributed by atoms with Crippen LogP contribution >= 0.6 is 12.4 Å². The maximum Gasteiger partial charge on any atom is 0.163 e. The van der Waals surface area contributed by atoms with Gasteiger partial charge < -0.3 is 10.8 Å². The lowest BCUT2D eigenvalue weighted by molar-refractivity contribution is 0.143. The molecule has 2 nitrogen and oxygen atoms in total. The molecule has 0 aromatic heterocycles. The second-order valence-electron chi connectivity index (χ2n) is 4.43. The Kier molecular flexibility index (Phi) is 6.07. The number of halogens is 3. The van der Waals surface area contributed by atoms with E-state index in [1.807, 2.05) is 30.3 Å². The van der Waals surface area contributed by atoms with Crippen LogP contribution in [0.5, 0.6) is 0 Å². The molecule has 3 N–H and O–H groups in total. The van der Waals surface area contributed by atoms with E-state index in [1.54, 1.807) is 0 Å². The molecule has 0 aliphatic heterocycles. The number of hydrogen-bond acceptors (Lipinski definition) is 2. The second kappa shape index (κ2) is 7.33. The molecule has 20 heavy (non-hydrogen) atoms. The van der Waals surface area contributed by atoms with Crippen LogP contribution in [0.15, 0.2) is 48.5 Å². The summed E-state index contributed by atoms with van der Waals surface area (Å²) in [5, 5.41) is 10.0. The van der Waals surface area contributed by atoms with Crippen LogP contribution in [0, 0.1) is 11.6 Å². The highest BCUT2D eigenvalue weighted by Gasteiger charge is 2.21. The first kappa shape index (κ1) is 16.6. The Morgan fingerprint density at radius 1 is 1.00 bits per heavy atom. The van der Waals surface area contributed by atoms with Crippen molar-refractivity contribution in [3.63, 3.8) is 0 Å². The van der Waals surface area contributed by atoms with Crippen LogP contribution in [0.3, 0.4) is 0 Å². The van der Waals surface area contributed by atoms with Crippen molar-refractivity contribution in [3.05, 3.63) is 71.3 Å². The van der Waals surface area contributed by atoms with Crippen LogP contribution in [-0.2, 0) is 6.42 Å². The van der Waals surface area contributed by atoms with Gasteiger partial charge in [-0.3, -0.25) is 0 Å². The van der Waals surface area contributed by atoms with Crippen molar-refractivity contribution in [3.8, 4) is 0 Å². The molecule has 0 aliphatic rings. The molecule has 0 fully saturated rings. The van der Waals surface area contributed by atoms with Gasteiger partial charge in [0.1, 0.15) is 0 Å². The van der Waals surface area contributed by atoms with Gasteiger partial charge in [-0.15, -0.1) is 12.4 Å². The van der Waals surface area contributed by atoms with Gasteiger partial charge in [0, 0.05) is 12.0 Å². The smallest absolute Gasteiger partial charge is 0.163 e. The summed E-state index contributed by atoms with van der Waals surface area (Å²) in [5.74, 6) is -1.96. The van der Waals surface area contributed by atoms with Gasteiger partial charge in [-0.1, -0.05) is 42.5 Å². The number of hydrogen-bond donors (Lipinski definition) is 2. The van der Waals surface area contributed by atoms with Crippen LogP contribution in [0.2, 0.25) is 0 Å². The van der Waals surface area contributed by atoms with Crippen LogP contribution in [0.4, 0.5) is 8.78 Å². The van der Waals surface area contributed by atoms with Crippen LogP contribution in [-0.4, -0.2) is 11.2 Å². The Balaban J connectivity index is 0.00000200. The quantitative estimate of drug-likeness (QED) is 0.911. The molecule has 0 amide bonds. The lowest BCUT2D eigenvalue weighted by Gasteiger charge is -2.20. The minimum absolute atomic E-state index is 0. The molecule has 2 aromatic rings. The van der Waals surface area contributed by atoms with Gasteiger partial charge in [0.05, 0.1) is 12.1 Å². The van der Waals surface area contributed by atoms with Crippen molar-refractivity contribution >= 4 is 12.4 Å². The average Bonchev–Trinajstić information content (AvgIpc) is 2.42. The van der Waals surface area contributed by atoms with Crippen molar-refractivity contribution in [1.82, 2.24) is 0 Å². The van der Waals surface area contributed by atoms with E-state index in [9.17, 15) is 13.9 Å². The number of nitrogens with two attached hydrogens (primary N) is 1. The number of aliphatic hydroxyl groups is 1. The van der Waals surface area contributed by atoms with Crippen LogP contribution in [0.25, 0.3) is 0 Å². The Bertz CT molecular complexity index is 551. The summed E-state index contributed by atoms with van der Waals surface area (Å²) >= 11 is 0. The van der Waals surface area contributed by atoms with Gasteiger partial charge in [0.25, 0.3) is 0 Å². The zero-order valence-electron chi connectivity index (χ0n) is 10.7. The fourth-order valence-electron chi connectivity index (χ4n) is 1.97. The molecule has 5 heteroatoms. The molecular formula is C15H16ClF2NO. The fraction of sp³-hybridized carbons (Fsp3) is 0.200. The molecule has 0 unspecified atom stereocenters. The first-order valence-corrected chi connectivity index (χ1v) is 6.01. The SMILES string of the molecule is Cl.N[C@@H](c1cccc(F)c1F)[C@H](O)Cc1ccccc1. The number of benzene rings is 2. The maximum absolute atomic E-state index is 13.6. The highest BCUT2D eigenvalue weighted by Crippen LogP contribution is 2.22. The van der Waals surface area contributed by atoms with Gasteiger partial charge in [-0.05, 0) is 11.6 Å². The molecule has 0 bridgehead atoms. The molecule has 2 aromatic carbocycles. The van der Waals surface area contributed by atoms with Crippen molar-refractivity contribution < 1.29 is 13.9 Å². The Labute approximate surface area is 122 Å². The molecule has 0 saturated heterocycles. The molecule has 0 aliphatic carbocycles. The highest BCUT2D eigenvalue weighted by molar-refractivity contribution is 5.85. The second-order valence-corrected chi connectivity index (χ2v) is 4.43. The third-order valence-electron chi connectivity index (χ3n) is 3.04. The molecule has 0 spiro atoms. The Morgan fingerprint density at radius 2 is 1.65 bits per heavy atom. The maximum atomic E-state index is 13.6. The Hall–Kier alpha value is -1.49. The third kappa shape index (κ3) is 3.76. The zero-order chi connectivity index (χ0) is 13.8. The van der Waals surface area contributed by atoms with E-state index in [-0.39, 0.29) is 24.4 Å². The Morgan fingerprint density at radius 3 is 2.30 bits per heavy atom. The molecule has 0 saturated carbocycles. The lowest BCUT2D eigenvalue weighted by Crippen LogP contribution is -2.29. The summed E-state index contributed by atoms with van der Waals surface area (Å²) in [6.45, 7) is 0. The van der Waals surface area contributed by atoms with E-state index >= 15 is 0 Å². The fourth-order valence-corrected chi connectivity index (χ4v) is 1.97. The monoisotopic (exact) mass is 299 g/mol. The summed E-state index contributed by atoms with van der Waals surface area (Å²) in [5.41, 5.74) is 6.68. The van der Waals surface area contributed by atoms with Gasteiger partial charge in [0.15, 0.2) is 11.6 Å². The zero-order valence-corrected chi connectivity index (χ0v) is 11.5. The van der Waals surface area contributed by atoms with E-state index in [1.165, 1.54) is 12.1 Å². The first-order chi connectivity index (χ1) is 9.09. The van der Waals surface area contributed by atoms with Crippen molar-refractivity contribution in [1.29, 1.82) is 0 Å². The summed E-state index contributed by atoms with van der Waals surface area (Å²) in [7, 11) is 0. The van der Waals surface area contributed by atoms with E-state index in [2.05, 4.69) is 0 Å². The van der Waals surface area contributed by atoms with Crippen LogP contribution < -0.4 is 5.73 Å². The molecule has 0 heterocycles. The van der Waals surface area contributed by atoms with Crippen LogP contribution in [0.1, 0.15) is 17.2 Å². The first-order valence-electron chi connectivity index (χ1n) is 6.01. The van der Waals surface area contributed by atoms with E-state index in [0.29, 0.717) is 0 Å². The molecule has 0 radical (unpaired) electrons. The summed E-state index contributed by atoms with van der Waals surface area (Å²) in [6, 6.07) is 12.1. The molecule has 2 atom stereocenters. The predicted molar refractivity (Wildman–Crippen MR) is 76.7 cm³/mol. The van der Waals surface area contributed by atoms with E-state index in [4.69, 9.17) is 5.73 Å². The minimum Gasteiger partial charge on any atom is -0.391 e. The lowest BCUT2D eigenvalue weighted by atomic mass is 9.96. The third-order valence-corrected chi connectivity index (χ3v) is 3.04. The topological polar surface area (TPSA) is 46.2 Å².